The van der Waals surface area contributed by atoms with Gasteiger partial charge in [-0.05, 0) is 32.1 Å². The zero-order chi connectivity index (χ0) is 16.1. The van der Waals surface area contributed by atoms with Gasteiger partial charge >= 0.3 is 12.1 Å². The minimum absolute atomic E-state index is 0.00176. The first-order chi connectivity index (χ1) is 9.64. The molecule has 9 heteroatoms. The number of alkyl halides is 3. The number of sulfonamides is 1. The number of carbonyl (C=O) groups is 1. The number of carbonyl (C=O) groups excluding carboxylic acids is 1. The first-order valence-corrected chi connectivity index (χ1v) is 8.43. The molecule has 1 saturated carbocycles. The highest BCUT2D eigenvalue weighted by Crippen LogP contribution is 2.37. The van der Waals surface area contributed by atoms with Crippen molar-refractivity contribution in [2.75, 3.05) is 12.9 Å². The summed E-state index contributed by atoms with van der Waals surface area (Å²) in [5, 5.41) is 0. The Kier molecular flexibility index (Phi) is 6.45. The molecule has 1 fully saturated rings. The van der Waals surface area contributed by atoms with Gasteiger partial charge in [-0.15, -0.1) is 0 Å². The molecule has 0 saturated heterocycles. The highest BCUT2D eigenvalue weighted by molar-refractivity contribution is 7.89. The van der Waals surface area contributed by atoms with Crippen molar-refractivity contribution in [1.82, 2.24) is 4.72 Å². The Morgan fingerprint density at radius 1 is 1.24 bits per heavy atom. The molecule has 0 atom stereocenters. The van der Waals surface area contributed by atoms with Gasteiger partial charge in [0.2, 0.25) is 10.0 Å². The standard InChI is InChI=1S/C12H20F3NO4S/c1-20-11(17)3-2-8-21(18,19)16-10-6-4-9(5-7-10)12(13,14)15/h9-10,16H,2-8H2,1H3. The average Bonchev–Trinajstić information content (AvgIpc) is 2.37. The third kappa shape index (κ3) is 6.64. The maximum absolute atomic E-state index is 12.5. The molecule has 0 amide bonds. The molecular formula is C12H20F3NO4S. The van der Waals surface area contributed by atoms with Crippen LogP contribution >= 0.6 is 0 Å². The van der Waals surface area contributed by atoms with E-state index in [9.17, 15) is 26.4 Å². The quantitative estimate of drug-likeness (QED) is 0.756. The fourth-order valence-corrected chi connectivity index (χ4v) is 3.75. The van der Waals surface area contributed by atoms with Crippen LogP contribution in [0.2, 0.25) is 0 Å². The van der Waals surface area contributed by atoms with Crippen molar-refractivity contribution in [2.24, 2.45) is 5.92 Å². The number of methoxy groups -OCH3 is 1. The Labute approximate surface area is 122 Å². The van der Waals surface area contributed by atoms with Crippen LogP contribution in [-0.4, -0.2) is 39.5 Å². The average molecular weight is 331 g/mol. The predicted octanol–water partition coefficient (Wildman–Crippen LogP) is 1.98. The van der Waals surface area contributed by atoms with Gasteiger partial charge < -0.3 is 4.74 Å². The van der Waals surface area contributed by atoms with Crippen molar-refractivity contribution in [3.05, 3.63) is 0 Å². The van der Waals surface area contributed by atoms with Crippen LogP contribution < -0.4 is 4.72 Å². The van der Waals surface area contributed by atoms with Crippen molar-refractivity contribution in [3.8, 4) is 0 Å². The van der Waals surface area contributed by atoms with Gasteiger partial charge in [0.25, 0.3) is 0 Å². The molecule has 1 N–H and O–H groups in total. The van der Waals surface area contributed by atoms with Crippen LogP contribution in [-0.2, 0) is 19.6 Å². The van der Waals surface area contributed by atoms with E-state index in [0.29, 0.717) is 0 Å². The van der Waals surface area contributed by atoms with Crippen LogP contribution in [0, 0.1) is 5.92 Å². The molecule has 0 heterocycles. The van der Waals surface area contributed by atoms with E-state index in [2.05, 4.69) is 9.46 Å². The van der Waals surface area contributed by atoms with Crippen molar-refractivity contribution >= 4 is 16.0 Å². The Hall–Kier alpha value is -0.830. The minimum Gasteiger partial charge on any atom is -0.469 e. The molecule has 0 bridgehead atoms. The number of ether oxygens (including phenoxy) is 1. The van der Waals surface area contributed by atoms with E-state index in [1.54, 1.807) is 0 Å². The Bertz CT molecular complexity index is 442. The van der Waals surface area contributed by atoms with Gasteiger partial charge in [0.15, 0.2) is 0 Å². The maximum Gasteiger partial charge on any atom is 0.391 e. The molecule has 0 unspecified atom stereocenters. The second-order valence-corrected chi connectivity index (χ2v) is 7.08. The first kappa shape index (κ1) is 18.2. The van der Waals surface area contributed by atoms with Crippen LogP contribution in [0.1, 0.15) is 38.5 Å². The van der Waals surface area contributed by atoms with Gasteiger partial charge in [-0.25, -0.2) is 13.1 Å². The molecule has 0 spiro atoms. The topological polar surface area (TPSA) is 72.5 Å². The summed E-state index contributed by atoms with van der Waals surface area (Å²) in [6.45, 7) is 0. The zero-order valence-corrected chi connectivity index (χ0v) is 12.6. The summed E-state index contributed by atoms with van der Waals surface area (Å²) < 4.78 is 67.8. The highest BCUT2D eigenvalue weighted by atomic mass is 32.2. The highest BCUT2D eigenvalue weighted by Gasteiger charge is 2.41. The first-order valence-electron chi connectivity index (χ1n) is 6.77. The lowest BCUT2D eigenvalue weighted by atomic mass is 9.86. The molecule has 5 nitrogen and oxygen atoms in total. The summed E-state index contributed by atoms with van der Waals surface area (Å²) >= 11 is 0. The lowest BCUT2D eigenvalue weighted by Gasteiger charge is -2.30. The lowest BCUT2D eigenvalue weighted by molar-refractivity contribution is -0.182. The summed E-state index contributed by atoms with van der Waals surface area (Å²) in [7, 11) is -2.36. The van der Waals surface area contributed by atoms with Gasteiger partial charge in [0.05, 0.1) is 18.8 Å². The van der Waals surface area contributed by atoms with Gasteiger partial charge in [-0.2, -0.15) is 13.2 Å². The number of nitrogens with one attached hydrogen (secondary N) is 1. The lowest BCUT2D eigenvalue weighted by Crippen LogP contribution is -2.40. The zero-order valence-electron chi connectivity index (χ0n) is 11.8. The van der Waals surface area contributed by atoms with E-state index in [1.807, 2.05) is 0 Å². The summed E-state index contributed by atoms with van der Waals surface area (Å²) in [5.74, 6) is -2.06. The number of hydrogen-bond donors (Lipinski definition) is 1. The second-order valence-electron chi connectivity index (χ2n) is 5.21. The Morgan fingerprint density at radius 2 is 1.81 bits per heavy atom. The van der Waals surface area contributed by atoms with Crippen molar-refractivity contribution < 1.29 is 31.1 Å². The SMILES string of the molecule is COC(=O)CCCS(=O)(=O)NC1CCC(C(F)(F)F)CC1. The summed E-state index contributed by atoms with van der Waals surface area (Å²) in [4.78, 5) is 10.9. The normalized spacial score (nSPS) is 23.8. The third-order valence-electron chi connectivity index (χ3n) is 3.56. The number of rotatable bonds is 6. The molecule has 1 aliphatic carbocycles. The van der Waals surface area contributed by atoms with Crippen molar-refractivity contribution in [2.45, 2.75) is 50.7 Å². The second kappa shape index (κ2) is 7.44. The Morgan fingerprint density at radius 3 is 2.29 bits per heavy atom. The number of esters is 1. The van der Waals surface area contributed by atoms with E-state index >= 15 is 0 Å². The molecule has 0 aromatic carbocycles. The van der Waals surface area contributed by atoms with E-state index in [-0.39, 0.29) is 44.3 Å². The molecule has 0 aromatic rings. The van der Waals surface area contributed by atoms with Crippen LogP contribution in [0.3, 0.4) is 0 Å². The van der Waals surface area contributed by atoms with E-state index in [1.165, 1.54) is 7.11 Å². The van der Waals surface area contributed by atoms with Crippen molar-refractivity contribution in [1.29, 1.82) is 0 Å². The third-order valence-corrected chi connectivity index (χ3v) is 5.08. The summed E-state index contributed by atoms with van der Waals surface area (Å²) in [6.07, 6.45) is -3.83. The van der Waals surface area contributed by atoms with Crippen LogP contribution in [0.25, 0.3) is 0 Å². The van der Waals surface area contributed by atoms with Crippen LogP contribution in [0.15, 0.2) is 0 Å². The molecule has 1 rings (SSSR count). The molecule has 0 radical (unpaired) electrons. The fraction of sp³-hybridized carbons (Fsp3) is 0.917. The molecule has 1 aliphatic rings. The van der Waals surface area contributed by atoms with E-state index in [0.717, 1.165) is 0 Å². The minimum atomic E-state index is -4.20. The van der Waals surface area contributed by atoms with Gasteiger partial charge in [-0.1, -0.05) is 0 Å². The maximum atomic E-state index is 12.5. The smallest absolute Gasteiger partial charge is 0.391 e. The monoisotopic (exact) mass is 331 g/mol. The molecule has 124 valence electrons. The fourth-order valence-electron chi connectivity index (χ4n) is 2.36. The summed E-state index contributed by atoms with van der Waals surface area (Å²) in [6, 6.07) is -0.452. The summed E-state index contributed by atoms with van der Waals surface area (Å²) in [5.41, 5.74) is 0. The van der Waals surface area contributed by atoms with Gasteiger partial charge in [0.1, 0.15) is 0 Å². The van der Waals surface area contributed by atoms with E-state index < -0.39 is 34.1 Å². The van der Waals surface area contributed by atoms with Crippen molar-refractivity contribution in [3.63, 3.8) is 0 Å². The van der Waals surface area contributed by atoms with Crippen LogP contribution in [0.4, 0.5) is 13.2 Å². The van der Waals surface area contributed by atoms with Gasteiger partial charge in [-0.3, -0.25) is 4.79 Å². The van der Waals surface area contributed by atoms with Crippen LogP contribution in [0.5, 0.6) is 0 Å². The molecule has 0 aliphatic heterocycles. The van der Waals surface area contributed by atoms with E-state index in [4.69, 9.17) is 0 Å². The number of hydrogen-bond acceptors (Lipinski definition) is 4. The number of halogens is 3. The Balaban J connectivity index is 2.35. The predicted molar refractivity (Wildman–Crippen MR) is 70.0 cm³/mol. The largest absolute Gasteiger partial charge is 0.469 e. The molecular weight excluding hydrogens is 311 g/mol. The molecule has 0 aromatic heterocycles. The molecule has 21 heavy (non-hydrogen) atoms. The van der Waals surface area contributed by atoms with Gasteiger partial charge in [0, 0.05) is 12.5 Å².